The molecule has 0 N–H and O–H groups in total. The Labute approximate surface area is 136 Å². The lowest BCUT2D eigenvalue weighted by atomic mass is 10.3. The minimum atomic E-state index is 0.830. The first kappa shape index (κ1) is 21.6. The summed E-state index contributed by atoms with van der Waals surface area (Å²) in [6.45, 7) is 19.7. The van der Waals surface area contributed by atoms with Crippen molar-refractivity contribution in [3.63, 3.8) is 0 Å². The Kier molecular flexibility index (Phi) is 15.8. The lowest BCUT2D eigenvalue weighted by Crippen LogP contribution is -2.28. The Morgan fingerprint density at radius 3 is 1.15 bits per heavy atom. The Balaban J connectivity index is 0. The highest BCUT2D eigenvalue weighted by molar-refractivity contribution is 7.80. The first-order chi connectivity index (χ1) is 9.51. The van der Waals surface area contributed by atoms with Gasteiger partial charge in [0.15, 0.2) is 0 Å². The van der Waals surface area contributed by atoms with E-state index in [9.17, 15) is 0 Å². The lowest BCUT2D eigenvalue weighted by molar-refractivity contribution is 0.468. The van der Waals surface area contributed by atoms with Crippen LogP contribution in [-0.4, -0.2) is 46.0 Å². The van der Waals surface area contributed by atoms with Crippen molar-refractivity contribution in [1.29, 1.82) is 0 Å². The molecular weight excluding hydrogens is 284 g/mol. The zero-order chi connectivity index (χ0) is 16.0. The van der Waals surface area contributed by atoms with E-state index >= 15 is 0 Å². The van der Waals surface area contributed by atoms with Gasteiger partial charge in [-0.1, -0.05) is 36.6 Å². The van der Waals surface area contributed by atoms with E-state index in [2.05, 4.69) is 50.7 Å². The molecule has 0 unspecified atom stereocenters. The molecule has 0 atom stereocenters. The van der Waals surface area contributed by atoms with Crippen LogP contribution in [0.2, 0.25) is 0 Å². The molecule has 0 aliphatic carbocycles. The summed E-state index contributed by atoms with van der Waals surface area (Å²) in [6.07, 6.45) is 5.36. The fraction of sp³-hybridized carbons (Fsp3) is 0.625. The van der Waals surface area contributed by atoms with Crippen molar-refractivity contribution in [2.45, 2.75) is 40.5 Å². The summed E-state index contributed by atoms with van der Waals surface area (Å²) in [5, 5.41) is 0. The van der Waals surface area contributed by atoms with Crippen molar-refractivity contribution in [1.82, 2.24) is 9.80 Å². The fourth-order valence-corrected chi connectivity index (χ4v) is 2.41. The van der Waals surface area contributed by atoms with Crippen molar-refractivity contribution in [3.05, 3.63) is 25.3 Å². The van der Waals surface area contributed by atoms with Gasteiger partial charge >= 0.3 is 0 Å². The predicted molar refractivity (Wildman–Crippen MR) is 101 cm³/mol. The Bertz CT molecular complexity index is 263. The number of hydrogen-bond acceptors (Lipinski definition) is 2. The third-order valence-electron chi connectivity index (χ3n) is 2.87. The lowest BCUT2D eigenvalue weighted by Gasteiger charge is -2.20. The molecule has 0 bridgehead atoms. The molecule has 0 aliphatic heterocycles. The SMILES string of the molecule is C=CCC(=S)N(CC)CC.C=CCC(=S)N(CC)CC. The molecule has 0 spiro atoms. The van der Waals surface area contributed by atoms with Crippen molar-refractivity contribution >= 4 is 34.4 Å². The van der Waals surface area contributed by atoms with Crippen molar-refractivity contribution in [3.8, 4) is 0 Å². The van der Waals surface area contributed by atoms with Gasteiger partial charge in [0.05, 0.1) is 9.98 Å². The van der Waals surface area contributed by atoms with Gasteiger partial charge in [-0.15, -0.1) is 13.2 Å². The van der Waals surface area contributed by atoms with Crippen LogP contribution in [0.3, 0.4) is 0 Å². The van der Waals surface area contributed by atoms with E-state index in [-0.39, 0.29) is 0 Å². The number of nitrogens with zero attached hydrogens (tertiary/aromatic N) is 2. The summed E-state index contributed by atoms with van der Waals surface area (Å²) in [6, 6.07) is 0. The molecule has 0 aliphatic rings. The van der Waals surface area contributed by atoms with Crippen LogP contribution in [0, 0.1) is 0 Å². The highest BCUT2D eigenvalue weighted by atomic mass is 32.1. The average molecular weight is 315 g/mol. The number of rotatable bonds is 8. The molecule has 0 radical (unpaired) electrons. The van der Waals surface area contributed by atoms with Crippen molar-refractivity contribution in [2.24, 2.45) is 0 Å². The molecule has 0 aromatic heterocycles. The molecule has 0 heterocycles. The van der Waals surface area contributed by atoms with Crippen LogP contribution in [0.1, 0.15) is 40.5 Å². The maximum atomic E-state index is 5.13. The highest BCUT2D eigenvalue weighted by Crippen LogP contribution is 1.97. The second kappa shape index (κ2) is 14.7. The van der Waals surface area contributed by atoms with Gasteiger partial charge in [-0.05, 0) is 27.7 Å². The Morgan fingerprint density at radius 2 is 1.00 bits per heavy atom. The van der Waals surface area contributed by atoms with E-state index in [1.54, 1.807) is 0 Å². The molecule has 20 heavy (non-hydrogen) atoms. The topological polar surface area (TPSA) is 6.48 Å². The molecule has 4 heteroatoms. The van der Waals surface area contributed by atoms with E-state index < -0.39 is 0 Å². The summed E-state index contributed by atoms with van der Waals surface area (Å²) >= 11 is 10.3. The van der Waals surface area contributed by atoms with Crippen molar-refractivity contribution < 1.29 is 0 Å². The highest BCUT2D eigenvalue weighted by Gasteiger charge is 2.01. The van der Waals surface area contributed by atoms with Gasteiger partial charge in [0.2, 0.25) is 0 Å². The van der Waals surface area contributed by atoms with Gasteiger partial charge in [0, 0.05) is 39.0 Å². The second-order valence-corrected chi connectivity index (χ2v) is 5.06. The third kappa shape index (κ3) is 10.1. The van der Waals surface area contributed by atoms with Gasteiger partial charge in [-0.2, -0.15) is 0 Å². The van der Waals surface area contributed by atoms with Crippen LogP contribution in [0.4, 0.5) is 0 Å². The third-order valence-corrected chi connectivity index (χ3v) is 3.72. The minimum Gasteiger partial charge on any atom is -0.366 e. The first-order valence-electron chi connectivity index (χ1n) is 7.29. The zero-order valence-corrected chi connectivity index (χ0v) is 15.2. The maximum absolute atomic E-state index is 5.13. The Hall–Kier alpha value is -0.740. The Morgan fingerprint density at radius 1 is 0.750 bits per heavy atom. The van der Waals surface area contributed by atoms with Crippen LogP contribution in [0.15, 0.2) is 25.3 Å². The van der Waals surface area contributed by atoms with Gasteiger partial charge < -0.3 is 9.80 Å². The summed E-state index contributed by atoms with van der Waals surface area (Å²) < 4.78 is 0. The van der Waals surface area contributed by atoms with Gasteiger partial charge in [0.25, 0.3) is 0 Å². The van der Waals surface area contributed by atoms with Gasteiger partial charge in [0.1, 0.15) is 0 Å². The quantitative estimate of drug-likeness (QED) is 0.482. The summed E-state index contributed by atoms with van der Waals surface area (Å²) in [4.78, 5) is 6.33. The second-order valence-electron chi connectivity index (χ2n) is 4.12. The molecule has 0 aromatic rings. The summed E-state index contributed by atoms with van der Waals surface area (Å²) in [5.41, 5.74) is 0. The van der Waals surface area contributed by atoms with Gasteiger partial charge in [-0.25, -0.2) is 0 Å². The number of thiocarbonyl (C=S) groups is 2. The van der Waals surface area contributed by atoms with Crippen molar-refractivity contribution in [2.75, 3.05) is 26.2 Å². The molecular formula is C16H30N2S2. The molecule has 2 nitrogen and oxygen atoms in total. The van der Waals surface area contributed by atoms with Crippen LogP contribution in [-0.2, 0) is 0 Å². The van der Waals surface area contributed by atoms with Gasteiger partial charge in [-0.3, -0.25) is 0 Å². The largest absolute Gasteiger partial charge is 0.366 e. The molecule has 0 fully saturated rings. The normalized spacial score (nSPS) is 9.00. The zero-order valence-electron chi connectivity index (χ0n) is 13.5. The monoisotopic (exact) mass is 314 g/mol. The standard InChI is InChI=1S/2C8H15NS/c2*1-4-7-8(10)9(5-2)6-3/h2*4H,1,5-7H2,2-3H3. The molecule has 0 saturated carbocycles. The van der Waals surface area contributed by atoms with E-state index in [4.69, 9.17) is 24.4 Å². The van der Waals surface area contributed by atoms with Crippen LogP contribution in [0.25, 0.3) is 0 Å². The van der Waals surface area contributed by atoms with E-state index in [1.165, 1.54) is 0 Å². The van der Waals surface area contributed by atoms with E-state index in [0.717, 1.165) is 49.0 Å². The van der Waals surface area contributed by atoms with Crippen LogP contribution >= 0.6 is 24.4 Å². The number of hydrogen-bond donors (Lipinski definition) is 0. The summed E-state index contributed by atoms with van der Waals surface area (Å²) in [5.74, 6) is 0. The predicted octanol–water partition coefficient (Wildman–Crippen LogP) is 4.46. The fourth-order valence-electron chi connectivity index (χ4n) is 1.66. The first-order valence-corrected chi connectivity index (χ1v) is 8.11. The molecule has 116 valence electrons. The van der Waals surface area contributed by atoms with Crippen LogP contribution in [0.5, 0.6) is 0 Å². The van der Waals surface area contributed by atoms with E-state index in [1.807, 2.05) is 12.2 Å². The minimum absolute atomic E-state index is 0.830. The molecule has 0 saturated heterocycles. The smallest absolute Gasteiger partial charge is 0.0817 e. The average Bonchev–Trinajstić information content (AvgIpc) is 2.43. The van der Waals surface area contributed by atoms with E-state index in [0.29, 0.717) is 0 Å². The van der Waals surface area contributed by atoms with Crippen LogP contribution < -0.4 is 0 Å². The molecule has 0 rings (SSSR count). The summed E-state index contributed by atoms with van der Waals surface area (Å²) in [7, 11) is 0. The molecule has 0 amide bonds. The molecule has 0 aromatic carbocycles. The maximum Gasteiger partial charge on any atom is 0.0817 e.